The van der Waals surface area contributed by atoms with Gasteiger partial charge in [0.1, 0.15) is 6.04 Å². The van der Waals surface area contributed by atoms with E-state index in [4.69, 9.17) is 11.2 Å². The van der Waals surface area contributed by atoms with Gasteiger partial charge in [-0.3, -0.25) is 14.9 Å². The van der Waals surface area contributed by atoms with Gasteiger partial charge in [-0.1, -0.05) is 64.3 Å². The molecular formula is C37H52N4O4. The average Bonchev–Trinajstić information content (AvgIpc) is 3.54. The molecule has 2 heterocycles. The van der Waals surface area contributed by atoms with E-state index in [2.05, 4.69) is 65.4 Å². The van der Waals surface area contributed by atoms with Crippen molar-refractivity contribution in [1.29, 1.82) is 0 Å². The molecule has 45 heavy (non-hydrogen) atoms. The van der Waals surface area contributed by atoms with Gasteiger partial charge in [0.15, 0.2) is 5.76 Å². The molecule has 1 aromatic rings. The highest BCUT2D eigenvalue weighted by Crippen LogP contribution is 2.22. The summed E-state index contributed by atoms with van der Waals surface area (Å²) in [6, 6.07) is 5.01. The molecule has 2 unspecified atom stereocenters. The zero-order valence-corrected chi connectivity index (χ0v) is 28.6. The van der Waals surface area contributed by atoms with Crippen LogP contribution < -0.4 is 10.6 Å². The number of allylic oxidation sites excluding steroid dienone is 6. The van der Waals surface area contributed by atoms with E-state index in [9.17, 15) is 14.4 Å². The van der Waals surface area contributed by atoms with Crippen LogP contribution in [0.5, 0.6) is 0 Å². The standard InChI is InChI=1S/C21H26N2O3.C11H13NO.C3H7N.C2H6/c1-5-8-9-10-15-18(12-6-2)26-16(4)13-11-14-17(7-3)19-20(24)23-21(25)22-19;1-3-8-4-5-9-7-12(2)11(13)10(9)6-8;1-3-4-2;1-2/h3,9-10,13,15,17,19H,5,8,11,14H2,1-2,4H3,(H2,22,23,24,25);4-6H,3,7H2,1-2H3;3H,1-2H3;1-2H3/b10-9-,16-13+,18-15+;;;. The first-order chi connectivity index (χ1) is 21.6. The molecule has 8 nitrogen and oxygen atoms in total. The van der Waals surface area contributed by atoms with E-state index in [1.165, 1.54) is 5.56 Å². The fourth-order valence-electron chi connectivity index (χ4n) is 4.10. The molecule has 2 N–H and O–H groups in total. The molecule has 0 bridgehead atoms. The van der Waals surface area contributed by atoms with Crippen LogP contribution in [0.4, 0.5) is 4.79 Å². The summed E-state index contributed by atoms with van der Waals surface area (Å²) < 4.78 is 5.75. The Bertz CT molecular complexity index is 1320. The number of carbonyl (C=O) groups excluding carboxylic acids is 3. The Morgan fingerprint density at radius 3 is 2.44 bits per heavy atom. The number of nitrogens with one attached hydrogen (secondary N) is 2. The highest BCUT2D eigenvalue weighted by atomic mass is 16.5. The summed E-state index contributed by atoms with van der Waals surface area (Å²) in [5.41, 5.74) is 3.29. The number of carbonyl (C=O) groups is 3. The lowest BCUT2D eigenvalue weighted by Crippen LogP contribution is -2.36. The number of rotatable bonds is 10. The smallest absolute Gasteiger partial charge is 0.322 e. The van der Waals surface area contributed by atoms with E-state index in [1.807, 2.05) is 59.0 Å². The zero-order valence-electron chi connectivity index (χ0n) is 28.6. The van der Waals surface area contributed by atoms with Crippen molar-refractivity contribution in [2.75, 3.05) is 14.1 Å². The van der Waals surface area contributed by atoms with Gasteiger partial charge < -0.3 is 19.9 Å². The van der Waals surface area contributed by atoms with Crippen LogP contribution in [0.3, 0.4) is 0 Å². The monoisotopic (exact) mass is 616 g/mol. The van der Waals surface area contributed by atoms with Crippen molar-refractivity contribution in [3.05, 3.63) is 70.7 Å². The lowest BCUT2D eigenvalue weighted by Gasteiger charge is -2.14. The Morgan fingerprint density at radius 2 is 1.91 bits per heavy atom. The van der Waals surface area contributed by atoms with Crippen LogP contribution in [0.25, 0.3) is 0 Å². The molecule has 0 spiro atoms. The fraction of sp³-hybridized carbons (Fsp3) is 0.459. The molecule has 0 saturated carbocycles. The number of benzene rings is 1. The van der Waals surface area contributed by atoms with Crippen molar-refractivity contribution in [2.45, 2.75) is 93.2 Å². The predicted octanol–water partition coefficient (Wildman–Crippen LogP) is 6.98. The molecule has 2 aliphatic heterocycles. The molecular weight excluding hydrogens is 564 g/mol. The number of amides is 4. The van der Waals surface area contributed by atoms with Crippen molar-refractivity contribution in [3.8, 4) is 24.2 Å². The number of fused-ring (bicyclic) bond motifs is 1. The molecule has 0 radical (unpaired) electrons. The van der Waals surface area contributed by atoms with E-state index in [0.29, 0.717) is 24.4 Å². The number of aryl methyl sites for hydroxylation is 1. The van der Waals surface area contributed by atoms with Gasteiger partial charge in [0.05, 0.1) is 5.76 Å². The van der Waals surface area contributed by atoms with Gasteiger partial charge >= 0.3 is 6.03 Å². The number of ether oxygens (including phenoxy) is 1. The second-order valence-corrected chi connectivity index (χ2v) is 9.85. The third-order valence-electron chi connectivity index (χ3n) is 6.52. The zero-order chi connectivity index (χ0) is 34.2. The van der Waals surface area contributed by atoms with Gasteiger partial charge in [0, 0.05) is 32.1 Å². The number of imide groups is 1. The topological polar surface area (TPSA) is 100 Å². The van der Waals surface area contributed by atoms with E-state index in [-0.39, 0.29) is 17.7 Å². The first kappa shape index (κ1) is 40.4. The van der Waals surface area contributed by atoms with Gasteiger partial charge in [-0.25, -0.2) is 4.79 Å². The van der Waals surface area contributed by atoms with Crippen LogP contribution in [0.1, 0.15) is 95.6 Å². The van der Waals surface area contributed by atoms with Crippen LogP contribution in [0, 0.1) is 30.1 Å². The SMILES string of the molecule is C#CC(CC/C=C(\C)O/C(C#CC)=C/C=C\CCC)C1NC(=O)NC1=O.CC.CC=NC.CCc1ccc2c(c1)C(=O)N(C)C2. The molecule has 2 aliphatic rings. The Labute approximate surface area is 271 Å². The average molecular weight is 617 g/mol. The fourth-order valence-corrected chi connectivity index (χ4v) is 4.10. The van der Waals surface area contributed by atoms with Crippen LogP contribution in [-0.2, 0) is 22.5 Å². The van der Waals surface area contributed by atoms with Gasteiger partial charge in [-0.15, -0.1) is 12.3 Å². The molecule has 3 rings (SSSR count). The Kier molecular flexibility index (Phi) is 21.4. The number of nitrogens with zero attached hydrogens (tertiary/aromatic N) is 2. The lowest BCUT2D eigenvalue weighted by atomic mass is 9.95. The molecule has 0 aromatic heterocycles. The minimum Gasteiger partial charge on any atom is -0.453 e. The van der Waals surface area contributed by atoms with Crippen molar-refractivity contribution in [2.24, 2.45) is 10.9 Å². The van der Waals surface area contributed by atoms with Crippen LogP contribution in [0.15, 0.2) is 59.0 Å². The maximum Gasteiger partial charge on any atom is 0.322 e. The van der Waals surface area contributed by atoms with Gasteiger partial charge in [0.2, 0.25) is 0 Å². The second kappa shape index (κ2) is 23.8. The molecule has 4 amide bonds. The third kappa shape index (κ3) is 15.1. The number of unbranched alkanes of at least 4 members (excludes halogenated alkanes) is 1. The number of hydrogen-bond acceptors (Lipinski definition) is 5. The Hall–Kier alpha value is -4.56. The van der Waals surface area contributed by atoms with Crippen molar-refractivity contribution < 1.29 is 19.1 Å². The number of urea groups is 1. The van der Waals surface area contributed by atoms with E-state index >= 15 is 0 Å². The van der Waals surface area contributed by atoms with Crippen molar-refractivity contribution in [3.63, 3.8) is 0 Å². The Morgan fingerprint density at radius 1 is 1.22 bits per heavy atom. The summed E-state index contributed by atoms with van der Waals surface area (Å²) in [6.45, 7) is 14.5. The first-order valence-electron chi connectivity index (χ1n) is 15.6. The highest BCUT2D eigenvalue weighted by Gasteiger charge is 2.34. The number of aliphatic imine (C=N–C) groups is 1. The van der Waals surface area contributed by atoms with Gasteiger partial charge in [-0.05, 0) is 87.9 Å². The summed E-state index contributed by atoms with van der Waals surface area (Å²) in [5, 5.41) is 4.74. The first-order valence-corrected chi connectivity index (χ1v) is 15.6. The molecule has 1 aromatic carbocycles. The quantitative estimate of drug-likeness (QED) is 0.0974. The minimum absolute atomic E-state index is 0.158. The lowest BCUT2D eigenvalue weighted by molar-refractivity contribution is -0.120. The van der Waals surface area contributed by atoms with Crippen molar-refractivity contribution in [1.82, 2.24) is 15.5 Å². The van der Waals surface area contributed by atoms with Crippen LogP contribution in [0.2, 0.25) is 0 Å². The maximum absolute atomic E-state index is 11.7. The maximum atomic E-state index is 11.7. The molecule has 244 valence electrons. The van der Waals surface area contributed by atoms with Crippen LogP contribution in [-0.4, -0.2) is 49.1 Å². The van der Waals surface area contributed by atoms with Gasteiger partial charge in [0.25, 0.3) is 11.8 Å². The number of terminal acetylenes is 1. The van der Waals surface area contributed by atoms with Gasteiger partial charge in [-0.2, -0.15) is 0 Å². The third-order valence-corrected chi connectivity index (χ3v) is 6.52. The van der Waals surface area contributed by atoms with Crippen molar-refractivity contribution >= 4 is 24.1 Å². The molecule has 8 heteroatoms. The minimum atomic E-state index is -0.674. The summed E-state index contributed by atoms with van der Waals surface area (Å²) in [5.74, 6) is 9.02. The normalized spacial score (nSPS) is 16.0. The molecule has 0 aliphatic carbocycles. The summed E-state index contributed by atoms with van der Waals surface area (Å²) in [6.07, 6.45) is 19.3. The summed E-state index contributed by atoms with van der Waals surface area (Å²) >= 11 is 0. The Balaban J connectivity index is 0.000000837. The van der Waals surface area contributed by atoms with Crippen LogP contribution >= 0.6 is 0 Å². The van der Waals surface area contributed by atoms with E-state index in [0.717, 1.165) is 36.9 Å². The highest BCUT2D eigenvalue weighted by molar-refractivity contribution is 6.04. The molecule has 2 atom stereocenters. The summed E-state index contributed by atoms with van der Waals surface area (Å²) in [7, 11) is 3.59. The molecule has 1 saturated heterocycles. The molecule has 1 fully saturated rings. The summed E-state index contributed by atoms with van der Waals surface area (Å²) in [4.78, 5) is 39.9. The second-order valence-electron chi connectivity index (χ2n) is 9.85. The van der Waals surface area contributed by atoms with E-state index in [1.54, 1.807) is 25.1 Å². The van der Waals surface area contributed by atoms with E-state index < -0.39 is 12.1 Å². The largest absolute Gasteiger partial charge is 0.453 e. The predicted molar refractivity (Wildman–Crippen MR) is 185 cm³/mol. The number of hydrogen-bond donors (Lipinski definition) is 2.